The number of hydrogen-bond acceptors (Lipinski definition) is 2. The number of nitrogen functional groups attached to an aromatic ring is 2. The molecule has 0 aliphatic heterocycles. The molecule has 0 radical (unpaired) electrons. The molecule has 0 atom stereocenters. The first kappa shape index (κ1) is 18.5. The molecule has 1 heterocycles. The Balaban J connectivity index is 0.00000132. The first-order valence-corrected chi connectivity index (χ1v) is 6.47. The summed E-state index contributed by atoms with van der Waals surface area (Å²) in [5.41, 5.74) is 15.2. The van der Waals surface area contributed by atoms with Gasteiger partial charge in [0.2, 0.25) is 0 Å². The van der Waals surface area contributed by atoms with Gasteiger partial charge in [-0.25, -0.2) is 0 Å². The minimum absolute atomic E-state index is 0. The number of H-pyrrole nitrogens is 1. The molecule has 0 unspecified atom stereocenters. The van der Waals surface area contributed by atoms with E-state index in [-0.39, 0.29) is 36.5 Å². The van der Waals surface area contributed by atoms with Crippen LogP contribution in [0.3, 0.4) is 0 Å². The molecule has 5 nitrogen and oxygen atoms in total. The highest BCUT2D eigenvalue weighted by molar-refractivity contribution is 6.03. The van der Waals surface area contributed by atoms with E-state index in [9.17, 15) is 0 Å². The summed E-state index contributed by atoms with van der Waals surface area (Å²) < 4.78 is 0. The molecule has 0 aliphatic rings. The molecule has 7 N–H and O–H groups in total. The fourth-order valence-corrected chi connectivity index (χ4v) is 2.39. The molecule has 3 aromatic rings. The second-order valence-electron chi connectivity index (χ2n) is 4.86. The van der Waals surface area contributed by atoms with E-state index >= 15 is 0 Å². The molecule has 120 valence electrons. The second kappa shape index (κ2) is 7.17. The molecule has 0 bridgehead atoms. The Morgan fingerprint density at radius 3 is 2.22 bits per heavy atom. The molecule has 0 saturated heterocycles. The third-order valence-electron chi connectivity index (χ3n) is 3.44. The summed E-state index contributed by atoms with van der Waals surface area (Å²) in [6.45, 7) is 0. The molecule has 1 aromatic heterocycles. The van der Waals surface area contributed by atoms with E-state index in [1.54, 1.807) is 0 Å². The number of rotatable bonds is 3. The van der Waals surface area contributed by atoms with Crippen LogP contribution in [0, 0.1) is 10.8 Å². The molecule has 0 amide bonds. The van der Waals surface area contributed by atoms with Crippen LogP contribution >= 0.6 is 24.8 Å². The van der Waals surface area contributed by atoms with E-state index < -0.39 is 0 Å². The van der Waals surface area contributed by atoms with Crippen molar-refractivity contribution in [2.45, 2.75) is 0 Å². The van der Waals surface area contributed by atoms with Gasteiger partial charge >= 0.3 is 0 Å². The number of amidine groups is 2. The van der Waals surface area contributed by atoms with Gasteiger partial charge in [0.25, 0.3) is 0 Å². The Morgan fingerprint density at radius 2 is 1.57 bits per heavy atom. The van der Waals surface area contributed by atoms with Gasteiger partial charge in [0.15, 0.2) is 0 Å². The maximum absolute atomic E-state index is 7.67. The van der Waals surface area contributed by atoms with E-state index in [0.717, 1.165) is 22.2 Å². The van der Waals surface area contributed by atoms with Crippen molar-refractivity contribution in [3.8, 4) is 11.3 Å². The van der Waals surface area contributed by atoms with Crippen molar-refractivity contribution in [2.24, 2.45) is 11.5 Å². The zero-order valence-corrected chi connectivity index (χ0v) is 13.7. The third-order valence-corrected chi connectivity index (χ3v) is 3.44. The number of benzene rings is 2. The zero-order valence-electron chi connectivity index (χ0n) is 12.1. The lowest BCUT2D eigenvalue weighted by atomic mass is 10.0. The average molecular weight is 350 g/mol. The highest BCUT2D eigenvalue weighted by Gasteiger charge is 2.10. The van der Waals surface area contributed by atoms with E-state index in [4.69, 9.17) is 22.3 Å². The molecule has 3 rings (SSSR count). The molecule has 23 heavy (non-hydrogen) atoms. The SMILES string of the molecule is Cl.Cl.N=C(N)c1ccc2cc(-c3ccccc3C(=N)N)[nH]c2c1. The van der Waals surface area contributed by atoms with Crippen molar-refractivity contribution in [2.75, 3.05) is 0 Å². The molecule has 0 saturated carbocycles. The summed E-state index contributed by atoms with van der Waals surface area (Å²) in [7, 11) is 0. The largest absolute Gasteiger partial charge is 0.384 e. The van der Waals surface area contributed by atoms with Crippen molar-refractivity contribution in [3.05, 3.63) is 59.7 Å². The number of hydrogen-bond donors (Lipinski definition) is 5. The van der Waals surface area contributed by atoms with Crippen LogP contribution in [0.5, 0.6) is 0 Å². The van der Waals surface area contributed by atoms with Gasteiger partial charge in [-0.3, -0.25) is 10.8 Å². The van der Waals surface area contributed by atoms with Crippen molar-refractivity contribution < 1.29 is 0 Å². The van der Waals surface area contributed by atoms with Crippen LogP contribution in [0.4, 0.5) is 0 Å². The van der Waals surface area contributed by atoms with Gasteiger partial charge in [0.05, 0.1) is 0 Å². The maximum atomic E-state index is 7.67. The number of fused-ring (bicyclic) bond motifs is 1. The van der Waals surface area contributed by atoms with Crippen LogP contribution in [0.1, 0.15) is 11.1 Å². The van der Waals surface area contributed by atoms with Crippen LogP contribution in [0.25, 0.3) is 22.2 Å². The summed E-state index contributed by atoms with van der Waals surface area (Å²) in [4.78, 5) is 3.30. The first-order valence-electron chi connectivity index (χ1n) is 6.47. The van der Waals surface area contributed by atoms with Gasteiger partial charge in [-0.1, -0.05) is 36.4 Å². The number of nitrogens with one attached hydrogen (secondary N) is 3. The van der Waals surface area contributed by atoms with Gasteiger partial charge < -0.3 is 16.5 Å². The van der Waals surface area contributed by atoms with E-state index in [1.807, 2.05) is 48.5 Å². The lowest BCUT2D eigenvalue weighted by Crippen LogP contribution is -2.12. The van der Waals surface area contributed by atoms with Gasteiger partial charge in [-0.2, -0.15) is 0 Å². The van der Waals surface area contributed by atoms with Gasteiger partial charge in [-0.15, -0.1) is 24.8 Å². The van der Waals surface area contributed by atoms with E-state index in [2.05, 4.69) is 4.98 Å². The molecule has 0 aliphatic carbocycles. The molecular weight excluding hydrogens is 333 g/mol. The summed E-state index contributed by atoms with van der Waals surface area (Å²) in [6.07, 6.45) is 0. The Bertz CT molecular complexity index is 870. The summed E-state index contributed by atoms with van der Waals surface area (Å²) >= 11 is 0. The number of nitrogens with two attached hydrogens (primary N) is 2. The smallest absolute Gasteiger partial charge is 0.123 e. The number of aromatic amines is 1. The zero-order chi connectivity index (χ0) is 15.0. The Labute approximate surface area is 145 Å². The molecule has 0 spiro atoms. The highest BCUT2D eigenvalue weighted by atomic mass is 35.5. The van der Waals surface area contributed by atoms with Crippen LogP contribution in [0.2, 0.25) is 0 Å². The van der Waals surface area contributed by atoms with Crippen LogP contribution in [-0.4, -0.2) is 16.7 Å². The van der Waals surface area contributed by atoms with E-state index in [1.165, 1.54) is 0 Å². The Morgan fingerprint density at radius 1 is 0.870 bits per heavy atom. The normalized spacial score (nSPS) is 9.74. The molecule has 7 heteroatoms. The van der Waals surface area contributed by atoms with Crippen molar-refractivity contribution in [3.63, 3.8) is 0 Å². The number of aromatic nitrogens is 1. The fraction of sp³-hybridized carbons (Fsp3) is 0. The quantitative estimate of drug-likeness (QED) is 0.368. The summed E-state index contributed by atoms with van der Waals surface area (Å²) in [5, 5.41) is 16.2. The standard InChI is InChI=1S/C16H15N5.2ClH/c17-15(18)10-6-5-9-7-14(21-13(9)8-10)11-3-1-2-4-12(11)16(19)20;;/h1-8,21H,(H3,17,18)(H3,19,20);2*1H. The van der Waals surface area contributed by atoms with Crippen molar-refractivity contribution in [1.29, 1.82) is 10.8 Å². The highest BCUT2D eigenvalue weighted by Crippen LogP contribution is 2.27. The number of halogens is 2. The predicted molar refractivity (Wildman–Crippen MR) is 100 cm³/mol. The molecule has 0 fully saturated rings. The van der Waals surface area contributed by atoms with Gasteiger partial charge in [-0.05, 0) is 12.1 Å². The predicted octanol–water partition coefficient (Wildman–Crippen LogP) is 3.25. The monoisotopic (exact) mass is 349 g/mol. The van der Waals surface area contributed by atoms with Crippen LogP contribution in [0.15, 0.2) is 48.5 Å². The molecule has 2 aromatic carbocycles. The lowest BCUT2D eigenvalue weighted by Gasteiger charge is -2.05. The van der Waals surface area contributed by atoms with Crippen molar-refractivity contribution >= 4 is 47.4 Å². The average Bonchev–Trinajstić information content (AvgIpc) is 2.89. The first-order chi connectivity index (χ1) is 10.1. The van der Waals surface area contributed by atoms with Crippen molar-refractivity contribution in [1.82, 2.24) is 4.98 Å². The van der Waals surface area contributed by atoms with E-state index in [0.29, 0.717) is 11.1 Å². The summed E-state index contributed by atoms with van der Waals surface area (Å²) in [6, 6.07) is 15.1. The Hall–Kier alpha value is -2.50. The summed E-state index contributed by atoms with van der Waals surface area (Å²) in [5.74, 6) is 0.0749. The minimum atomic E-state index is 0. The maximum Gasteiger partial charge on any atom is 0.123 e. The second-order valence-corrected chi connectivity index (χ2v) is 4.86. The minimum Gasteiger partial charge on any atom is -0.384 e. The van der Waals surface area contributed by atoms with Gasteiger partial charge in [0, 0.05) is 33.3 Å². The van der Waals surface area contributed by atoms with Crippen LogP contribution < -0.4 is 11.5 Å². The fourth-order valence-electron chi connectivity index (χ4n) is 2.39. The lowest BCUT2D eigenvalue weighted by molar-refractivity contribution is 1.39. The molecular formula is C16H17Cl2N5. The Kier molecular flexibility index (Phi) is 5.79. The van der Waals surface area contributed by atoms with Gasteiger partial charge in [0.1, 0.15) is 11.7 Å². The topological polar surface area (TPSA) is 116 Å². The third kappa shape index (κ3) is 3.47. The van der Waals surface area contributed by atoms with Crippen LogP contribution in [-0.2, 0) is 0 Å².